The monoisotopic (exact) mass is 391 g/mol. The second-order valence-corrected chi connectivity index (χ2v) is 8.37. The summed E-state index contributed by atoms with van der Waals surface area (Å²) in [5.41, 5.74) is 0. The minimum absolute atomic E-state index is 0.732. The van der Waals surface area contributed by atoms with E-state index in [1.807, 2.05) is 18.5 Å². The summed E-state index contributed by atoms with van der Waals surface area (Å²) in [5, 5.41) is 4.22. The molecule has 1 unspecified atom stereocenters. The van der Waals surface area contributed by atoms with Gasteiger partial charge in [0, 0.05) is 75.8 Å². The molecule has 1 aromatic rings. The zero-order chi connectivity index (χ0) is 18.9. The molecule has 27 heavy (non-hydrogen) atoms. The Morgan fingerprint density at radius 2 is 1.96 bits per heavy atom. The average molecular weight is 392 g/mol. The highest BCUT2D eigenvalue weighted by atomic mass is 32.2. The minimum Gasteiger partial charge on any atom is -0.357 e. The Morgan fingerprint density at radius 1 is 1.19 bits per heavy atom. The van der Waals surface area contributed by atoms with E-state index >= 15 is 0 Å². The Labute approximate surface area is 167 Å². The molecule has 2 aliphatic heterocycles. The van der Waals surface area contributed by atoms with E-state index in [0.29, 0.717) is 0 Å². The van der Waals surface area contributed by atoms with Crippen LogP contribution in [0.4, 0.5) is 5.95 Å². The quantitative estimate of drug-likeness (QED) is 0.581. The molecular weight excluding hydrogens is 358 g/mol. The van der Waals surface area contributed by atoms with Gasteiger partial charge in [0.15, 0.2) is 5.96 Å². The summed E-state index contributed by atoms with van der Waals surface area (Å²) in [6.45, 7) is 13.5. The van der Waals surface area contributed by atoms with E-state index in [9.17, 15) is 0 Å². The van der Waals surface area contributed by atoms with Gasteiger partial charge in [0.05, 0.1) is 6.54 Å². The summed E-state index contributed by atoms with van der Waals surface area (Å²) < 4.78 is 0. The molecular formula is C19H33N7S. The SMILES string of the molecule is CCNC(=NCCN1CCN(c2ncccn2)CC1)N1CCSC(CC)C1. The van der Waals surface area contributed by atoms with Crippen molar-refractivity contribution in [1.29, 1.82) is 0 Å². The maximum atomic E-state index is 4.92. The first-order chi connectivity index (χ1) is 13.3. The first-order valence-electron chi connectivity index (χ1n) is 10.2. The normalized spacial score (nSPS) is 22.1. The Morgan fingerprint density at radius 3 is 2.67 bits per heavy atom. The van der Waals surface area contributed by atoms with Gasteiger partial charge in [-0.1, -0.05) is 6.92 Å². The highest BCUT2D eigenvalue weighted by molar-refractivity contribution is 8.00. The van der Waals surface area contributed by atoms with Crippen LogP contribution in [-0.2, 0) is 0 Å². The predicted molar refractivity (Wildman–Crippen MR) is 115 cm³/mol. The number of nitrogens with one attached hydrogen (secondary N) is 1. The van der Waals surface area contributed by atoms with Gasteiger partial charge in [0.1, 0.15) is 0 Å². The fraction of sp³-hybridized carbons (Fsp3) is 0.737. The summed E-state index contributed by atoms with van der Waals surface area (Å²) in [6.07, 6.45) is 4.86. The standard InChI is InChI=1S/C19H33N7S/c1-3-17-16-26(14-15-27-17)18(20-4-2)23-8-9-24-10-12-25(13-11-24)19-21-6-5-7-22-19/h5-7,17H,3-4,8-16H2,1-2H3,(H,20,23). The van der Waals surface area contributed by atoms with Crippen molar-refractivity contribution in [2.45, 2.75) is 25.5 Å². The van der Waals surface area contributed by atoms with E-state index in [1.54, 1.807) is 0 Å². The number of rotatable bonds is 6. The average Bonchev–Trinajstić information content (AvgIpc) is 2.74. The molecule has 1 aromatic heterocycles. The fourth-order valence-electron chi connectivity index (χ4n) is 3.51. The van der Waals surface area contributed by atoms with E-state index < -0.39 is 0 Å². The summed E-state index contributed by atoms with van der Waals surface area (Å²) in [5.74, 6) is 3.14. The van der Waals surface area contributed by atoms with Crippen LogP contribution in [0.15, 0.2) is 23.5 Å². The number of aromatic nitrogens is 2. The molecule has 3 heterocycles. The molecule has 0 bridgehead atoms. The largest absolute Gasteiger partial charge is 0.357 e. The van der Waals surface area contributed by atoms with Crippen LogP contribution >= 0.6 is 11.8 Å². The molecule has 0 radical (unpaired) electrons. The van der Waals surface area contributed by atoms with E-state index in [-0.39, 0.29) is 0 Å². The van der Waals surface area contributed by atoms with Gasteiger partial charge in [-0.05, 0) is 19.4 Å². The van der Waals surface area contributed by atoms with Crippen LogP contribution in [-0.4, -0.2) is 95.6 Å². The zero-order valence-corrected chi connectivity index (χ0v) is 17.5. The molecule has 2 fully saturated rings. The maximum absolute atomic E-state index is 4.92. The highest BCUT2D eigenvalue weighted by Gasteiger charge is 2.22. The van der Waals surface area contributed by atoms with Crippen LogP contribution in [0.3, 0.4) is 0 Å². The molecule has 2 aliphatic rings. The van der Waals surface area contributed by atoms with Crippen LogP contribution < -0.4 is 10.2 Å². The molecule has 0 aliphatic carbocycles. The number of hydrogen-bond donors (Lipinski definition) is 1. The lowest BCUT2D eigenvalue weighted by atomic mass is 10.3. The van der Waals surface area contributed by atoms with Gasteiger partial charge in [-0.2, -0.15) is 11.8 Å². The third-order valence-electron chi connectivity index (χ3n) is 5.11. The van der Waals surface area contributed by atoms with Crippen molar-refractivity contribution in [2.24, 2.45) is 4.99 Å². The van der Waals surface area contributed by atoms with E-state index in [2.05, 4.69) is 55.6 Å². The topological polar surface area (TPSA) is 59.9 Å². The van der Waals surface area contributed by atoms with Crippen LogP contribution in [0.1, 0.15) is 20.3 Å². The molecule has 0 amide bonds. The van der Waals surface area contributed by atoms with Crippen molar-refractivity contribution in [3.8, 4) is 0 Å². The van der Waals surface area contributed by atoms with Gasteiger partial charge in [-0.15, -0.1) is 0 Å². The second-order valence-electron chi connectivity index (χ2n) is 6.96. The third-order valence-corrected chi connectivity index (χ3v) is 6.49. The number of aliphatic imine (C=N–C) groups is 1. The lowest BCUT2D eigenvalue weighted by Gasteiger charge is -2.35. The summed E-state index contributed by atoms with van der Waals surface area (Å²) in [6, 6.07) is 1.86. The van der Waals surface area contributed by atoms with Gasteiger partial charge in [0.25, 0.3) is 0 Å². The number of hydrogen-bond acceptors (Lipinski definition) is 6. The molecule has 3 rings (SSSR count). The smallest absolute Gasteiger partial charge is 0.225 e. The summed E-state index contributed by atoms with van der Waals surface area (Å²) >= 11 is 2.10. The molecule has 1 N–H and O–H groups in total. The van der Waals surface area contributed by atoms with Crippen molar-refractivity contribution in [3.05, 3.63) is 18.5 Å². The Balaban J connectivity index is 1.45. The Hall–Kier alpha value is -1.54. The van der Waals surface area contributed by atoms with E-state index in [4.69, 9.17) is 4.99 Å². The van der Waals surface area contributed by atoms with Crippen molar-refractivity contribution in [2.75, 3.05) is 69.6 Å². The van der Waals surface area contributed by atoms with Crippen molar-refractivity contribution < 1.29 is 0 Å². The van der Waals surface area contributed by atoms with Crippen LogP contribution in [0.5, 0.6) is 0 Å². The van der Waals surface area contributed by atoms with Gasteiger partial charge in [-0.25, -0.2) is 9.97 Å². The van der Waals surface area contributed by atoms with Gasteiger partial charge in [0.2, 0.25) is 5.95 Å². The van der Waals surface area contributed by atoms with Crippen LogP contribution in [0.25, 0.3) is 0 Å². The van der Waals surface area contributed by atoms with Crippen molar-refractivity contribution in [3.63, 3.8) is 0 Å². The molecule has 0 spiro atoms. The Kier molecular flexibility index (Phi) is 8.01. The molecule has 7 nitrogen and oxygen atoms in total. The number of anilines is 1. The molecule has 0 saturated carbocycles. The van der Waals surface area contributed by atoms with Gasteiger partial charge in [-0.3, -0.25) is 9.89 Å². The van der Waals surface area contributed by atoms with Crippen LogP contribution in [0, 0.1) is 0 Å². The first-order valence-corrected chi connectivity index (χ1v) is 11.2. The predicted octanol–water partition coefficient (Wildman–Crippen LogP) is 1.39. The highest BCUT2D eigenvalue weighted by Crippen LogP contribution is 2.21. The summed E-state index contributed by atoms with van der Waals surface area (Å²) in [4.78, 5) is 20.8. The van der Waals surface area contributed by atoms with Gasteiger partial charge < -0.3 is 15.1 Å². The van der Waals surface area contributed by atoms with Crippen LogP contribution in [0.2, 0.25) is 0 Å². The lowest BCUT2D eigenvalue weighted by Crippen LogP contribution is -2.49. The molecule has 2 saturated heterocycles. The summed E-state index contributed by atoms with van der Waals surface area (Å²) in [7, 11) is 0. The van der Waals surface area contributed by atoms with E-state index in [1.165, 1.54) is 12.2 Å². The molecule has 150 valence electrons. The molecule has 1 atom stereocenters. The molecule has 8 heteroatoms. The minimum atomic E-state index is 0.732. The number of guanidine groups is 1. The number of piperazine rings is 1. The zero-order valence-electron chi connectivity index (χ0n) is 16.7. The second kappa shape index (κ2) is 10.7. The van der Waals surface area contributed by atoms with Crippen molar-refractivity contribution in [1.82, 2.24) is 25.1 Å². The molecule has 0 aromatic carbocycles. The van der Waals surface area contributed by atoms with Gasteiger partial charge >= 0.3 is 0 Å². The van der Waals surface area contributed by atoms with E-state index in [0.717, 1.165) is 76.1 Å². The third kappa shape index (κ3) is 5.97. The lowest BCUT2D eigenvalue weighted by molar-refractivity contribution is 0.263. The number of nitrogens with zero attached hydrogens (tertiary/aromatic N) is 6. The first kappa shape index (κ1) is 20.2. The fourth-order valence-corrected chi connectivity index (χ4v) is 4.69. The maximum Gasteiger partial charge on any atom is 0.225 e. The number of thioether (sulfide) groups is 1. The van der Waals surface area contributed by atoms with Crippen molar-refractivity contribution >= 4 is 23.7 Å². The Bertz CT molecular complexity index is 575.